The van der Waals surface area contributed by atoms with E-state index in [4.69, 9.17) is 4.42 Å². The first kappa shape index (κ1) is 13.6. The molecule has 0 spiro atoms. The summed E-state index contributed by atoms with van der Waals surface area (Å²) in [4.78, 5) is 11.7. The summed E-state index contributed by atoms with van der Waals surface area (Å²) in [7, 11) is -3.89. The summed E-state index contributed by atoms with van der Waals surface area (Å²) < 4.78 is 30.3. The molecule has 0 radical (unpaired) electrons. The molecule has 0 fully saturated rings. The average Bonchev–Trinajstić information content (AvgIpc) is 2.46. The Morgan fingerprint density at radius 2 is 1.71 bits per heavy atom. The largest absolute Gasteiger partial charge is 0.422 e. The van der Waals surface area contributed by atoms with Crippen molar-refractivity contribution in [3.63, 3.8) is 0 Å². The van der Waals surface area contributed by atoms with Gasteiger partial charge in [-0.25, -0.2) is 13.2 Å². The van der Waals surface area contributed by atoms with Crippen LogP contribution in [-0.4, -0.2) is 8.42 Å². The first-order chi connectivity index (χ1) is 9.98. The highest BCUT2D eigenvalue weighted by atomic mass is 32.2. The lowest BCUT2D eigenvalue weighted by Gasteiger charge is -2.05. The zero-order valence-electron chi connectivity index (χ0n) is 11.2. The van der Waals surface area contributed by atoms with E-state index in [1.165, 1.54) is 18.2 Å². The summed E-state index contributed by atoms with van der Waals surface area (Å²) in [5.74, 6) is 0. The van der Waals surface area contributed by atoms with Crippen LogP contribution in [0.5, 0.6) is 0 Å². The lowest BCUT2D eigenvalue weighted by molar-refractivity contribution is 0.532. The van der Waals surface area contributed by atoms with Gasteiger partial charge in [-0.1, -0.05) is 30.3 Å². The van der Waals surface area contributed by atoms with Gasteiger partial charge in [-0.15, -0.1) is 0 Å². The number of hydrogen-bond donors (Lipinski definition) is 0. The minimum Gasteiger partial charge on any atom is -0.422 e. The van der Waals surface area contributed by atoms with Crippen molar-refractivity contribution in [3.8, 4) is 0 Å². The molecule has 106 valence electrons. The van der Waals surface area contributed by atoms with Gasteiger partial charge in [0.1, 0.15) is 5.58 Å². The van der Waals surface area contributed by atoms with E-state index in [0.29, 0.717) is 11.0 Å². The zero-order chi connectivity index (χ0) is 15.0. The van der Waals surface area contributed by atoms with Crippen LogP contribution in [0.4, 0.5) is 0 Å². The average molecular weight is 300 g/mol. The molecule has 3 rings (SSSR count). The molecule has 0 unspecified atom stereocenters. The number of benzene rings is 2. The van der Waals surface area contributed by atoms with Crippen LogP contribution in [0.15, 0.2) is 73.6 Å². The summed E-state index contributed by atoms with van der Waals surface area (Å²) in [5, 5.41) is 0.573. The lowest BCUT2D eigenvalue weighted by atomic mass is 10.2. The molecule has 4 nitrogen and oxygen atoms in total. The van der Waals surface area contributed by atoms with Crippen LogP contribution in [0.25, 0.3) is 11.0 Å². The van der Waals surface area contributed by atoms with E-state index in [9.17, 15) is 13.2 Å². The number of rotatable bonds is 2. The van der Waals surface area contributed by atoms with Crippen LogP contribution >= 0.6 is 0 Å². The molecule has 2 aromatic carbocycles. The Balaban J connectivity index is 2.28. The second-order valence-electron chi connectivity index (χ2n) is 4.76. The maximum Gasteiger partial charge on any atom is 0.355 e. The maximum absolute atomic E-state index is 12.6. The molecule has 0 aliphatic rings. The molecule has 0 saturated heterocycles. The standard InChI is InChI=1S/C16H12O4S/c1-11-5-4-7-13(9-11)21(18,19)15-10-12-6-2-3-8-14(12)20-16(15)17/h2-10H,1H3. The first-order valence-corrected chi connectivity index (χ1v) is 7.81. The number of hydrogen-bond acceptors (Lipinski definition) is 4. The predicted molar refractivity (Wildman–Crippen MR) is 79.1 cm³/mol. The summed E-state index contributed by atoms with van der Waals surface area (Å²) in [5.41, 5.74) is 0.321. The monoisotopic (exact) mass is 300 g/mol. The molecular formula is C16H12O4S. The lowest BCUT2D eigenvalue weighted by Crippen LogP contribution is -2.14. The van der Waals surface area contributed by atoms with Gasteiger partial charge in [-0.2, -0.15) is 0 Å². The van der Waals surface area contributed by atoms with Crippen LogP contribution in [-0.2, 0) is 9.84 Å². The zero-order valence-corrected chi connectivity index (χ0v) is 12.1. The third-order valence-corrected chi connectivity index (χ3v) is 4.94. The Labute approximate surface area is 121 Å². The van der Waals surface area contributed by atoms with Gasteiger partial charge in [-0.05, 0) is 36.8 Å². The van der Waals surface area contributed by atoms with E-state index < -0.39 is 15.5 Å². The third-order valence-electron chi connectivity index (χ3n) is 3.20. The molecule has 0 bridgehead atoms. The van der Waals surface area contributed by atoms with Gasteiger partial charge in [0.15, 0.2) is 4.90 Å². The van der Waals surface area contributed by atoms with E-state index in [1.54, 1.807) is 43.3 Å². The molecule has 0 N–H and O–H groups in total. The van der Waals surface area contributed by atoms with Gasteiger partial charge in [0, 0.05) is 5.39 Å². The maximum atomic E-state index is 12.6. The molecule has 21 heavy (non-hydrogen) atoms. The Morgan fingerprint density at radius 3 is 2.48 bits per heavy atom. The molecule has 0 aliphatic carbocycles. The number of fused-ring (bicyclic) bond motifs is 1. The second-order valence-corrected chi connectivity index (χ2v) is 6.67. The fourth-order valence-corrected chi connectivity index (χ4v) is 3.54. The Morgan fingerprint density at radius 1 is 0.952 bits per heavy atom. The van der Waals surface area contributed by atoms with Gasteiger partial charge in [0.05, 0.1) is 4.90 Å². The van der Waals surface area contributed by atoms with Crippen molar-refractivity contribution in [2.24, 2.45) is 0 Å². The molecule has 5 heteroatoms. The van der Waals surface area contributed by atoms with Crippen LogP contribution < -0.4 is 5.63 Å². The molecule has 0 amide bonds. The topological polar surface area (TPSA) is 64.3 Å². The van der Waals surface area contributed by atoms with Crippen LogP contribution in [0, 0.1) is 6.92 Å². The van der Waals surface area contributed by atoms with E-state index in [2.05, 4.69) is 0 Å². The molecule has 1 heterocycles. The highest BCUT2D eigenvalue weighted by Gasteiger charge is 2.23. The molecular weight excluding hydrogens is 288 g/mol. The van der Waals surface area contributed by atoms with Crippen LogP contribution in [0.3, 0.4) is 0 Å². The van der Waals surface area contributed by atoms with Crippen molar-refractivity contribution in [1.29, 1.82) is 0 Å². The smallest absolute Gasteiger partial charge is 0.355 e. The normalized spacial score (nSPS) is 11.7. The van der Waals surface area contributed by atoms with Crippen molar-refractivity contribution in [2.75, 3.05) is 0 Å². The Kier molecular flexibility index (Phi) is 3.14. The van der Waals surface area contributed by atoms with Gasteiger partial charge in [-0.3, -0.25) is 0 Å². The number of sulfone groups is 1. The van der Waals surface area contributed by atoms with Crippen LogP contribution in [0.2, 0.25) is 0 Å². The fraction of sp³-hybridized carbons (Fsp3) is 0.0625. The Bertz CT molecular complexity index is 984. The predicted octanol–water partition coefficient (Wildman–Crippen LogP) is 2.93. The summed E-state index contributed by atoms with van der Waals surface area (Å²) in [6.45, 7) is 1.79. The fourth-order valence-electron chi connectivity index (χ4n) is 2.14. The third kappa shape index (κ3) is 2.36. The molecule has 3 aromatic rings. The van der Waals surface area contributed by atoms with Gasteiger partial charge >= 0.3 is 5.63 Å². The van der Waals surface area contributed by atoms with E-state index >= 15 is 0 Å². The van der Waals surface area contributed by atoms with Crippen molar-refractivity contribution >= 4 is 20.8 Å². The number of aryl methyl sites for hydroxylation is 1. The second kappa shape index (κ2) is 4.86. The molecule has 0 saturated carbocycles. The first-order valence-electron chi connectivity index (χ1n) is 6.33. The van der Waals surface area contributed by atoms with Gasteiger partial charge in [0.2, 0.25) is 9.84 Å². The molecule has 1 aromatic heterocycles. The summed E-state index contributed by atoms with van der Waals surface area (Å²) >= 11 is 0. The quantitative estimate of drug-likeness (QED) is 0.683. The van der Waals surface area contributed by atoms with Crippen molar-refractivity contribution in [3.05, 3.63) is 70.6 Å². The van der Waals surface area contributed by atoms with Crippen LogP contribution in [0.1, 0.15) is 5.56 Å². The van der Waals surface area contributed by atoms with E-state index in [-0.39, 0.29) is 9.79 Å². The van der Waals surface area contributed by atoms with Gasteiger partial charge in [0.25, 0.3) is 0 Å². The molecule has 0 aliphatic heterocycles. The molecule has 0 atom stereocenters. The summed E-state index contributed by atoms with van der Waals surface area (Å²) in [6, 6.07) is 14.6. The summed E-state index contributed by atoms with van der Waals surface area (Å²) in [6.07, 6.45) is 0. The van der Waals surface area contributed by atoms with Crippen molar-refractivity contribution < 1.29 is 12.8 Å². The highest BCUT2D eigenvalue weighted by Crippen LogP contribution is 2.22. The highest BCUT2D eigenvalue weighted by molar-refractivity contribution is 7.91. The minimum atomic E-state index is -3.89. The van der Waals surface area contributed by atoms with E-state index in [1.807, 2.05) is 0 Å². The van der Waals surface area contributed by atoms with Crippen molar-refractivity contribution in [2.45, 2.75) is 16.7 Å². The SMILES string of the molecule is Cc1cccc(S(=O)(=O)c2cc3ccccc3oc2=O)c1. The Hall–Kier alpha value is -2.40. The van der Waals surface area contributed by atoms with E-state index in [0.717, 1.165) is 5.56 Å². The van der Waals surface area contributed by atoms with Crippen molar-refractivity contribution in [1.82, 2.24) is 0 Å². The number of para-hydroxylation sites is 1. The minimum absolute atomic E-state index is 0.0880. The van der Waals surface area contributed by atoms with Gasteiger partial charge < -0.3 is 4.42 Å².